The molecule has 6 nitrogen and oxygen atoms in total. The average Bonchev–Trinajstić information content (AvgIpc) is 3.16. The van der Waals surface area contributed by atoms with Crippen molar-refractivity contribution < 1.29 is 19.8 Å². The van der Waals surface area contributed by atoms with Crippen LogP contribution in [0.15, 0.2) is 66.7 Å². The van der Waals surface area contributed by atoms with Crippen LogP contribution in [0.4, 0.5) is 0 Å². The lowest BCUT2D eigenvalue weighted by Crippen LogP contribution is -2.24. The summed E-state index contributed by atoms with van der Waals surface area (Å²) in [5, 5.41) is 21.3. The molecule has 1 aromatic heterocycles. The first-order chi connectivity index (χ1) is 16.0. The number of carboxylic acid groups (broad SMARTS) is 2. The molecule has 0 amide bonds. The standard InChI is InChI=1S/C25H26N2.C2H2O4/c1-2-27-24-13-6-5-11-21(24)22-16-18(14-15-25(22)27)17-26-23-12-7-9-19-8-3-4-10-20(19)23;3-1(4)2(5)6/h3-6,8,10-11,13-16,23,26H,2,7,9,12,17H2,1H3;(H,3,4)(H,5,6). The fraction of sp³-hybridized carbons (Fsp3) is 0.259. The predicted molar refractivity (Wildman–Crippen MR) is 129 cm³/mol. The number of carboxylic acids is 2. The van der Waals surface area contributed by atoms with Crippen molar-refractivity contribution in [2.24, 2.45) is 0 Å². The molecule has 1 aliphatic rings. The number of rotatable bonds is 4. The number of nitrogens with one attached hydrogen (secondary N) is 1. The molecule has 0 fully saturated rings. The van der Waals surface area contributed by atoms with Gasteiger partial charge in [-0.25, -0.2) is 9.59 Å². The summed E-state index contributed by atoms with van der Waals surface area (Å²) in [6, 6.07) is 25.1. The van der Waals surface area contributed by atoms with Gasteiger partial charge in [0.05, 0.1) is 0 Å². The van der Waals surface area contributed by atoms with E-state index < -0.39 is 11.9 Å². The molecule has 4 aromatic rings. The van der Waals surface area contributed by atoms with Crippen LogP contribution >= 0.6 is 0 Å². The van der Waals surface area contributed by atoms with Crippen molar-refractivity contribution in [1.82, 2.24) is 9.88 Å². The Hall–Kier alpha value is -3.64. The second kappa shape index (κ2) is 9.88. The highest BCUT2D eigenvalue weighted by Crippen LogP contribution is 2.31. The van der Waals surface area contributed by atoms with E-state index in [1.807, 2.05) is 0 Å². The van der Waals surface area contributed by atoms with Crippen LogP contribution in [0.1, 0.15) is 42.5 Å². The van der Waals surface area contributed by atoms with Gasteiger partial charge in [0.1, 0.15) is 0 Å². The molecule has 3 aromatic carbocycles. The molecule has 1 atom stereocenters. The summed E-state index contributed by atoms with van der Waals surface area (Å²) >= 11 is 0. The molecule has 3 N–H and O–H groups in total. The van der Waals surface area contributed by atoms with Crippen LogP contribution in [-0.2, 0) is 29.1 Å². The lowest BCUT2D eigenvalue weighted by Gasteiger charge is -2.26. The number of para-hydroxylation sites is 1. The van der Waals surface area contributed by atoms with Gasteiger partial charge in [-0.2, -0.15) is 0 Å². The monoisotopic (exact) mass is 444 g/mol. The Labute approximate surface area is 192 Å². The third kappa shape index (κ3) is 4.76. The molecule has 170 valence electrons. The maximum atomic E-state index is 9.10. The van der Waals surface area contributed by atoms with Crippen molar-refractivity contribution in [2.75, 3.05) is 0 Å². The highest BCUT2D eigenvalue weighted by Gasteiger charge is 2.19. The highest BCUT2D eigenvalue weighted by atomic mass is 16.4. The molecule has 6 heteroatoms. The molecular formula is C27H28N2O4. The van der Waals surface area contributed by atoms with E-state index in [9.17, 15) is 0 Å². The molecule has 1 heterocycles. The molecule has 0 bridgehead atoms. The molecule has 1 unspecified atom stereocenters. The number of benzene rings is 3. The van der Waals surface area contributed by atoms with E-state index in [2.05, 4.69) is 83.5 Å². The number of aromatic nitrogens is 1. The maximum absolute atomic E-state index is 9.10. The van der Waals surface area contributed by atoms with Gasteiger partial charge in [-0.15, -0.1) is 0 Å². The Bertz CT molecular complexity index is 1300. The molecule has 5 rings (SSSR count). The van der Waals surface area contributed by atoms with Crippen molar-refractivity contribution in [3.8, 4) is 0 Å². The van der Waals surface area contributed by atoms with Crippen LogP contribution in [0.3, 0.4) is 0 Å². The van der Waals surface area contributed by atoms with E-state index in [4.69, 9.17) is 19.8 Å². The van der Waals surface area contributed by atoms with E-state index in [1.165, 1.54) is 57.8 Å². The van der Waals surface area contributed by atoms with E-state index in [0.29, 0.717) is 6.04 Å². The van der Waals surface area contributed by atoms with Gasteiger partial charge in [0.25, 0.3) is 0 Å². The lowest BCUT2D eigenvalue weighted by molar-refractivity contribution is -0.159. The van der Waals surface area contributed by atoms with Crippen molar-refractivity contribution in [3.63, 3.8) is 0 Å². The van der Waals surface area contributed by atoms with Crippen molar-refractivity contribution in [1.29, 1.82) is 0 Å². The minimum atomic E-state index is -1.82. The fourth-order valence-corrected chi connectivity index (χ4v) is 4.76. The first-order valence-electron chi connectivity index (χ1n) is 11.3. The Balaban J connectivity index is 0.000000385. The number of aliphatic carboxylic acids is 2. The molecule has 0 spiro atoms. The lowest BCUT2D eigenvalue weighted by atomic mass is 9.87. The SMILES string of the molecule is CCn1c2ccccc2c2cc(CNC3CCCc4ccccc43)ccc21.O=C(O)C(=O)O. The predicted octanol–water partition coefficient (Wildman–Crippen LogP) is 5.14. The van der Waals surface area contributed by atoms with Gasteiger partial charge in [0, 0.05) is 40.9 Å². The second-order valence-electron chi connectivity index (χ2n) is 8.25. The Kier molecular flexibility index (Phi) is 6.75. The summed E-state index contributed by atoms with van der Waals surface area (Å²) < 4.78 is 2.42. The minimum Gasteiger partial charge on any atom is -0.473 e. The summed E-state index contributed by atoms with van der Waals surface area (Å²) in [4.78, 5) is 18.2. The number of carbonyl (C=O) groups is 2. The maximum Gasteiger partial charge on any atom is 0.414 e. The van der Waals surface area contributed by atoms with Crippen molar-refractivity contribution in [3.05, 3.63) is 83.4 Å². The van der Waals surface area contributed by atoms with Crippen LogP contribution in [-0.4, -0.2) is 26.7 Å². The van der Waals surface area contributed by atoms with Crippen molar-refractivity contribution in [2.45, 2.75) is 45.3 Å². The summed E-state index contributed by atoms with van der Waals surface area (Å²) in [5.74, 6) is -3.65. The van der Waals surface area contributed by atoms with Gasteiger partial charge >= 0.3 is 11.9 Å². The zero-order valence-electron chi connectivity index (χ0n) is 18.6. The number of aryl methyl sites for hydroxylation is 2. The van der Waals surface area contributed by atoms with E-state index in [-0.39, 0.29) is 0 Å². The molecule has 0 radical (unpaired) electrons. The number of hydrogen-bond donors (Lipinski definition) is 3. The zero-order valence-corrected chi connectivity index (χ0v) is 18.6. The number of fused-ring (bicyclic) bond motifs is 4. The van der Waals surface area contributed by atoms with Gasteiger partial charge in [-0.3, -0.25) is 0 Å². The summed E-state index contributed by atoms with van der Waals surface area (Å²) in [7, 11) is 0. The Morgan fingerprint density at radius 1 is 0.939 bits per heavy atom. The van der Waals surface area contributed by atoms with Gasteiger partial charge < -0.3 is 20.1 Å². The van der Waals surface area contributed by atoms with Crippen LogP contribution in [0, 0.1) is 0 Å². The number of nitrogens with zero attached hydrogens (tertiary/aromatic N) is 1. The largest absolute Gasteiger partial charge is 0.473 e. The fourth-order valence-electron chi connectivity index (χ4n) is 4.76. The van der Waals surface area contributed by atoms with Crippen molar-refractivity contribution >= 4 is 33.7 Å². The van der Waals surface area contributed by atoms with Crippen LogP contribution in [0.25, 0.3) is 21.8 Å². The highest BCUT2D eigenvalue weighted by molar-refractivity contribution is 6.27. The third-order valence-corrected chi connectivity index (χ3v) is 6.26. The summed E-state index contributed by atoms with van der Waals surface area (Å²) in [5.41, 5.74) is 7.05. The quantitative estimate of drug-likeness (QED) is 0.379. The number of hydrogen-bond acceptors (Lipinski definition) is 3. The first kappa shape index (κ1) is 22.6. The molecule has 0 aliphatic heterocycles. The van der Waals surface area contributed by atoms with Crippen LogP contribution in [0.5, 0.6) is 0 Å². The van der Waals surface area contributed by atoms with Gasteiger partial charge in [0.2, 0.25) is 0 Å². The van der Waals surface area contributed by atoms with Gasteiger partial charge in [-0.05, 0) is 61.1 Å². The minimum absolute atomic E-state index is 0.475. The average molecular weight is 445 g/mol. The molecule has 0 saturated carbocycles. The van der Waals surface area contributed by atoms with Gasteiger partial charge in [0.15, 0.2) is 0 Å². The third-order valence-electron chi connectivity index (χ3n) is 6.26. The van der Waals surface area contributed by atoms with E-state index in [0.717, 1.165) is 13.1 Å². The van der Waals surface area contributed by atoms with E-state index in [1.54, 1.807) is 0 Å². The van der Waals surface area contributed by atoms with Crippen LogP contribution < -0.4 is 5.32 Å². The van der Waals surface area contributed by atoms with Crippen LogP contribution in [0.2, 0.25) is 0 Å². The summed E-state index contributed by atoms with van der Waals surface area (Å²) in [6.07, 6.45) is 3.73. The first-order valence-corrected chi connectivity index (χ1v) is 11.3. The zero-order chi connectivity index (χ0) is 23.4. The molecule has 0 saturated heterocycles. The summed E-state index contributed by atoms with van der Waals surface area (Å²) in [6.45, 7) is 4.14. The smallest absolute Gasteiger partial charge is 0.414 e. The second-order valence-corrected chi connectivity index (χ2v) is 8.25. The molecular weight excluding hydrogens is 416 g/mol. The van der Waals surface area contributed by atoms with Gasteiger partial charge in [-0.1, -0.05) is 48.5 Å². The Morgan fingerprint density at radius 2 is 1.64 bits per heavy atom. The molecule has 33 heavy (non-hydrogen) atoms. The Morgan fingerprint density at radius 3 is 2.39 bits per heavy atom. The topological polar surface area (TPSA) is 91.6 Å². The van der Waals surface area contributed by atoms with E-state index >= 15 is 0 Å². The molecule has 1 aliphatic carbocycles. The normalized spacial score (nSPS) is 15.0.